The van der Waals surface area contributed by atoms with Gasteiger partial charge in [0.2, 0.25) is 0 Å². The minimum atomic E-state index is -0.486. The van der Waals surface area contributed by atoms with Gasteiger partial charge < -0.3 is 9.38 Å². The number of para-hydroxylation sites is 2. The van der Waals surface area contributed by atoms with Crippen molar-refractivity contribution in [2.45, 2.75) is 57.8 Å². The molecule has 4 heteroatoms. The number of hydrogen-bond donors (Lipinski definition) is 0. The zero-order valence-corrected chi connectivity index (χ0v) is 36.1. The first kappa shape index (κ1) is 34.4. The Hall–Kier alpha value is -6.36. The molecule has 0 unspecified atom stereocenters. The van der Waals surface area contributed by atoms with Crippen LogP contribution in [-0.4, -0.2) is 11.3 Å². The zero-order chi connectivity index (χ0) is 40.9. The highest BCUT2D eigenvalue weighted by molar-refractivity contribution is 7.26. The van der Waals surface area contributed by atoms with Gasteiger partial charge in [-0.15, -0.1) is 11.3 Å². The molecule has 0 amide bonds. The lowest BCUT2D eigenvalue weighted by atomic mass is 9.43. The fourth-order valence-electron chi connectivity index (χ4n) is 12.2. The van der Waals surface area contributed by atoms with Gasteiger partial charge in [0, 0.05) is 53.2 Å². The number of anilines is 3. The summed E-state index contributed by atoms with van der Waals surface area (Å²) in [7, 11) is 0. The van der Waals surface area contributed by atoms with Crippen molar-refractivity contribution in [1.29, 1.82) is 0 Å². The summed E-state index contributed by atoms with van der Waals surface area (Å²) in [5.41, 5.74) is 22.4. The Kier molecular flexibility index (Phi) is 6.26. The molecule has 5 heterocycles. The molecule has 290 valence electrons. The van der Waals surface area contributed by atoms with E-state index in [0.717, 1.165) is 0 Å². The lowest BCUT2D eigenvalue weighted by Crippen LogP contribution is -2.58. The maximum atomic E-state index is 2.77. The molecule has 0 saturated heterocycles. The van der Waals surface area contributed by atoms with Crippen LogP contribution in [0.1, 0.15) is 74.9 Å². The monoisotopic (exact) mass is 798 g/mol. The molecule has 4 aliphatic rings. The lowest BCUT2D eigenvalue weighted by Gasteiger charge is -2.50. The van der Waals surface area contributed by atoms with Gasteiger partial charge >= 0.3 is 6.85 Å². The molecule has 0 atom stereocenters. The molecular formula is C57H43BN2S. The van der Waals surface area contributed by atoms with Crippen LogP contribution in [0.25, 0.3) is 64.2 Å². The summed E-state index contributed by atoms with van der Waals surface area (Å²) in [6.07, 6.45) is 0. The maximum absolute atomic E-state index is 2.77. The topological polar surface area (TPSA) is 8.17 Å². The number of aromatic nitrogens is 1. The van der Waals surface area contributed by atoms with Crippen molar-refractivity contribution in [1.82, 2.24) is 4.48 Å². The molecule has 10 aromatic rings. The van der Waals surface area contributed by atoms with Crippen molar-refractivity contribution in [2.24, 2.45) is 0 Å². The fraction of sp³-hybridized carbons (Fsp3) is 0.158. The summed E-state index contributed by atoms with van der Waals surface area (Å²) in [6.45, 7) is 14.1. The fourth-order valence-corrected chi connectivity index (χ4v) is 13.4. The van der Waals surface area contributed by atoms with Crippen molar-refractivity contribution in [2.75, 3.05) is 4.90 Å². The molecule has 1 aliphatic carbocycles. The van der Waals surface area contributed by atoms with Gasteiger partial charge in [-0.25, -0.2) is 0 Å². The molecule has 14 rings (SSSR count). The molecule has 3 aliphatic heterocycles. The van der Waals surface area contributed by atoms with Crippen molar-refractivity contribution >= 4 is 88.2 Å². The average Bonchev–Trinajstić information content (AvgIpc) is 3.90. The van der Waals surface area contributed by atoms with E-state index in [4.69, 9.17) is 0 Å². The molecule has 0 radical (unpaired) electrons. The highest BCUT2D eigenvalue weighted by Gasteiger charge is 2.55. The number of rotatable bonds is 0. The first-order valence-corrected chi connectivity index (χ1v) is 22.7. The number of benzene rings is 8. The van der Waals surface area contributed by atoms with E-state index in [2.05, 4.69) is 203 Å². The summed E-state index contributed by atoms with van der Waals surface area (Å²) in [4.78, 5) is 2.73. The van der Waals surface area contributed by atoms with Gasteiger partial charge in [0.1, 0.15) is 0 Å². The van der Waals surface area contributed by atoms with E-state index in [1.807, 2.05) is 11.3 Å². The van der Waals surface area contributed by atoms with Crippen LogP contribution in [-0.2, 0) is 16.2 Å². The number of hydrogen-bond acceptors (Lipinski definition) is 2. The normalized spacial score (nSPS) is 15.1. The molecule has 1 spiro atoms. The Morgan fingerprint density at radius 1 is 0.492 bits per heavy atom. The summed E-state index contributed by atoms with van der Waals surface area (Å²) in [5, 5.41) is 5.41. The van der Waals surface area contributed by atoms with Gasteiger partial charge in [-0.05, 0) is 114 Å². The van der Waals surface area contributed by atoms with E-state index in [1.165, 1.54) is 126 Å². The number of thiophene rings is 1. The Labute approximate surface area is 360 Å². The van der Waals surface area contributed by atoms with Gasteiger partial charge in [0.25, 0.3) is 0 Å². The van der Waals surface area contributed by atoms with Crippen LogP contribution in [0, 0.1) is 0 Å². The van der Waals surface area contributed by atoms with Gasteiger partial charge in [-0.2, -0.15) is 0 Å². The van der Waals surface area contributed by atoms with Crippen LogP contribution in [0.4, 0.5) is 17.1 Å². The minimum Gasteiger partial charge on any atom is -0.375 e. The quantitative estimate of drug-likeness (QED) is 0.139. The highest BCUT2D eigenvalue weighted by atomic mass is 32.1. The first-order valence-electron chi connectivity index (χ1n) is 21.9. The van der Waals surface area contributed by atoms with E-state index >= 15 is 0 Å². The third-order valence-corrected chi connectivity index (χ3v) is 16.0. The van der Waals surface area contributed by atoms with Crippen molar-refractivity contribution in [3.05, 3.63) is 185 Å². The van der Waals surface area contributed by atoms with E-state index in [9.17, 15) is 0 Å². The Morgan fingerprint density at radius 2 is 1.15 bits per heavy atom. The summed E-state index contributed by atoms with van der Waals surface area (Å²) in [6, 6.07) is 59.2. The van der Waals surface area contributed by atoms with Gasteiger partial charge in [0.15, 0.2) is 0 Å². The molecule has 0 N–H and O–H groups in total. The standard InChI is InChI=1S/C57H43BN2S/c1-55(2,3)32-26-27-46-37(28-32)39-29-33(56(4,5)6)30-40-38-31-49-50(36-18-9-14-25-48(36)61-49)54-51(38)58(60(46)52(39)40)45-23-15-22-44-53(45)59(54)47-24-13-12-21-43(47)57(44)41-19-10-7-16-34(41)35-17-8-11-20-42(35)57/h7-31H,1-6H3. The highest BCUT2D eigenvalue weighted by Crippen LogP contribution is 2.64. The maximum Gasteiger partial charge on any atom is 0.333 e. The van der Waals surface area contributed by atoms with Gasteiger partial charge in [-0.1, -0.05) is 151 Å². The van der Waals surface area contributed by atoms with Crippen molar-refractivity contribution in [3.8, 4) is 22.3 Å². The molecule has 2 nitrogen and oxygen atoms in total. The van der Waals surface area contributed by atoms with Gasteiger partial charge in [-0.3, -0.25) is 0 Å². The summed E-state index contributed by atoms with van der Waals surface area (Å²) in [5.74, 6) is 0. The third-order valence-electron chi connectivity index (χ3n) is 14.8. The van der Waals surface area contributed by atoms with Crippen LogP contribution in [0.5, 0.6) is 0 Å². The zero-order valence-electron chi connectivity index (χ0n) is 35.3. The van der Waals surface area contributed by atoms with Crippen LogP contribution >= 0.6 is 11.3 Å². The Bertz CT molecular complexity index is 3600. The SMILES string of the molecule is CC(C)(C)c1ccc2c(c1)c1cc(C(C)(C)C)cc3c1n2B1c2cccc4c2N(c2ccccc2C42c4ccccc4-c4ccccc42)c2c1c-3cc1sc3ccccc3c21. The van der Waals surface area contributed by atoms with Crippen molar-refractivity contribution in [3.63, 3.8) is 0 Å². The Morgan fingerprint density at radius 3 is 1.90 bits per heavy atom. The van der Waals surface area contributed by atoms with Crippen LogP contribution < -0.4 is 15.8 Å². The average molecular weight is 799 g/mol. The smallest absolute Gasteiger partial charge is 0.333 e. The second-order valence-electron chi connectivity index (χ2n) is 20.0. The van der Waals surface area contributed by atoms with E-state index in [1.54, 1.807) is 0 Å². The summed E-state index contributed by atoms with van der Waals surface area (Å²) >= 11 is 1.94. The van der Waals surface area contributed by atoms with Crippen molar-refractivity contribution < 1.29 is 0 Å². The predicted molar refractivity (Wildman–Crippen MR) is 261 cm³/mol. The second kappa shape index (κ2) is 11.1. The van der Waals surface area contributed by atoms with E-state index < -0.39 is 5.41 Å². The Balaban J connectivity index is 1.22. The largest absolute Gasteiger partial charge is 0.375 e. The molecular weight excluding hydrogens is 756 g/mol. The number of fused-ring (bicyclic) bond motifs is 20. The first-order chi connectivity index (χ1) is 29.5. The lowest BCUT2D eigenvalue weighted by molar-refractivity contribution is 0.590. The third kappa shape index (κ3) is 4.02. The minimum absolute atomic E-state index is 0.0221. The molecule has 61 heavy (non-hydrogen) atoms. The van der Waals surface area contributed by atoms with Gasteiger partial charge in [0.05, 0.1) is 16.8 Å². The summed E-state index contributed by atoms with van der Waals surface area (Å²) < 4.78 is 5.44. The predicted octanol–water partition coefficient (Wildman–Crippen LogP) is 13.9. The molecule has 2 aromatic heterocycles. The molecule has 8 aromatic carbocycles. The van der Waals surface area contributed by atoms with E-state index in [-0.39, 0.29) is 17.7 Å². The van der Waals surface area contributed by atoms with Crippen LogP contribution in [0.3, 0.4) is 0 Å². The van der Waals surface area contributed by atoms with Crippen LogP contribution in [0.2, 0.25) is 0 Å². The van der Waals surface area contributed by atoms with E-state index in [0.29, 0.717) is 0 Å². The molecule has 0 bridgehead atoms. The molecule has 0 fully saturated rings. The molecule has 0 saturated carbocycles. The number of nitrogens with zero attached hydrogens (tertiary/aromatic N) is 2. The van der Waals surface area contributed by atoms with Crippen LogP contribution in [0.15, 0.2) is 152 Å². The second-order valence-corrected chi connectivity index (χ2v) is 21.1.